The lowest BCUT2D eigenvalue weighted by Gasteiger charge is -2.12. The minimum atomic E-state index is -0.0881. The molecule has 4 heteroatoms. The SMILES string of the molecule is COc1ccc(NC(=O)Cc2cccc3ccccc23)c(OC)c1. The van der Waals surface area contributed by atoms with Gasteiger partial charge in [0.2, 0.25) is 5.91 Å². The van der Waals surface area contributed by atoms with Crippen LogP contribution >= 0.6 is 0 Å². The summed E-state index contributed by atoms with van der Waals surface area (Å²) in [7, 11) is 3.16. The van der Waals surface area contributed by atoms with Gasteiger partial charge in [0.1, 0.15) is 11.5 Å². The Balaban J connectivity index is 1.80. The summed E-state index contributed by atoms with van der Waals surface area (Å²) in [4.78, 5) is 12.5. The van der Waals surface area contributed by atoms with E-state index in [0.717, 1.165) is 16.3 Å². The highest BCUT2D eigenvalue weighted by atomic mass is 16.5. The predicted octanol–water partition coefficient (Wildman–Crippen LogP) is 4.04. The second-order valence-electron chi connectivity index (χ2n) is 5.43. The van der Waals surface area contributed by atoms with Crippen molar-refractivity contribution in [2.75, 3.05) is 19.5 Å². The van der Waals surface area contributed by atoms with Gasteiger partial charge in [-0.1, -0.05) is 42.5 Å². The lowest BCUT2D eigenvalue weighted by atomic mass is 10.0. The molecule has 0 unspecified atom stereocenters. The molecule has 0 aromatic heterocycles. The zero-order chi connectivity index (χ0) is 16.9. The van der Waals surface area contributed by atoms with Gasteiger partial charge in [0.25, 0.3) is 0 Å². The minimum Gasteiger partial charge on any atom is -0.497 e. The van der Waals surface area contributed by atoms with Crippen molar-refractivity contribution in [2.24, 2.45) is 0 Å². The van der Waals surface area contributed by atoms with E-state index in [4.69, 9.17) is 9.47 Å². The molecular weight excluding hydrogens is 302 g/mol. The second-order valence-corrected chi connectivity index (χ2v) is 5.43. The van der Waals surface area contributed by atoms with E-state index in [-0.39, 0.29) is 5.91 Å². The smallest absolute Gasteiger partial charge is 0.228 e. The largest absolute Gasteiger partial charge is 0.497 e. The average Bonchev–Trinajstić information content (AvgIpc) is 2.62. The summed E-state index contributed by atoms with van der Waals surface area (Å²) >= 11 is 0. The number of amides is 1. The molecule has 0 aliphatic rings. The summed E-state index contributed by atoms with van der Waals surface area (Å²) in [6, 6.07) is 19.4. The number of ether oxygens (including phenoxy) is 2. The number of carbonyl (C=O) groups excluding carboxylic acids is 1. The Hall–Kier alpha value is -3.01. The van der Waals surface area contributed by atoms with Crippen LogP contribution < -0.4 is 14.8 Å². The summed E-state index contributed by atoms with van der Waals surface area (Å²) in [6.07, 6.45) is 0.302. The van der Waals surface area contributed by atoms with E-state index in [1.54, 1.807) is 32.4 Å². The molecule has 0 saturated heterocycles. The van der Waals surface area contributed by atoms with Crippen molar-refractivity contribution >= 4 is 22.4 Å². The molecule has 3 aromatic carbocycles. The number of benzene rings is 3. The number of hydrogen-bond acceptors (Lipinski definition) is 3. The highest BCUT2D eigenvalue weighted by molar-refractivity contribution is 5.97. The third-order valence-electron chi connectivity index (χ3n) is 3.91. The van der Waals surface area contributed by atoms with Gasteiger partial charge in [-0.2, -0.15) is 0 Å². The average molecular weight is 321 g/mol. The topological polar surface area (TPSA) is 47.6 Å². The number of fused-ring (bicyclic) bond motifs is 1. The molecule has 1 amide bonds. The Morgan fingerprint density at radius 1 is 0.958 bits per heavy atom. The molecule has 0 atom stereocenters. The zero-order valence-electron chi connectivity index (χ0n) is 13.7. The molecule has 4 nitrogen and oxygen atoms in total. The summed E-state index contributed by atoms with van der Waals surface area (Å²) < 4.78 is 10.5. The summed E-state index contributed by atoms with van der Waals surface area (Å²) in [6.45, 7) is 0. The van der Waals surface area contributed by atoms with Crippen LogP contribution in [0.4, 0.5) is 5.69 Å². The van der Waals surface area contributed by atoms with Crippen LogP contribution in [0.1, 0.15) is 5.56 Å². The molecule has 0 heterocycles. The first-order chi connectivity index (χ1) is 11.7. The van der Waals surface area contributed by atoms with E-state index in [0.29, 0.717) is 23.6 Å². The van der Waals surface area contributed by atoms with Gasteiger partial charge in [-0.25, -0.2) is 0 Å². The van der Waals surface area contributed by atoms with Gasteiger partial charge in [-0.05, 0) is 28.5 Å². The number of methoxy groups -OCH3 is 2. The molecule has 0 saturated carbocycles. The summed E-state index contributed by atoms with van der Waals surface area (Å²) in [5.41, 5.74) is 1.63. The van der Waals surface area contributed by atoms with Crippen molar-refractivity contribution in [1.82, 2.24) is 0 Å². The van der Waals surface area contributed by atoms with Gasteiger partial charge in [-0.15, -0.1) is 0 Å². The molecule has 0 spiro atoms. The first-order valence-corrected chi connectivity index (χ1v) is 7.70. The Morgan fingerprint density at radius 3 is 2.54 bits per heavy atom. The highest BCUT2D eigenvalue weighted by Gasteiger charge is 2.11. The van der Waals surface area contributed by atoms with Crippen molar-refractivity contribution < 1.29 is 14.3 Å². The molecule has 24 heavy (non-hydrogen) atoms. The first-order valence-electron chi connectivity index (χ1n) is 7.70. The third kappa shape index (κ3) is 3.33. The molecule has 0 fully saturated rings. The van der Waals surface area contributed by atoms with Crippen molar-refractivity contribution in [3.8, 4) is 11.5 Å². The summed E-state index contributed by atoms with van der Waals surface area (Å²) in [5, 5.41) is 5.13. The molecule has 3 rings (SSSR count). The maximum atomic E-state index is 12.5. The van der Waals surface area contributed by atoms with E-state index >= 15 is 0 Å². The molecular formula is C20H19NO3. The first kappa shape index (κ1) is 15.9. The van der Waals surface area contributed by atoms with Crippen molar-refractivity contribution in [2.45, 2.75) is 6.42 Å². The quantitative estimate of drug-likeness (QED) is 0.771. The second kappa shape index (κ2) is 7.04. The normalized spacial score (nSPS) is 10.4. The van der Waals surface area contributed by atoms with Crippen LogP contribution in [0.25, 0.3) is 10.8 Å². The fraction of sp³-hybridized carbons (Fsp3) is 0.150. The van der Waals surface area contributed by atoms with Gasteiger partial charge in [0.05, 0.1) is 26.3 Å². The molecule has 0 aliphatic carbocycles. The number of rotatable bonds is 5. The van der Waals surface area contributed by atoms with Gasteiger partial charge < -0.3 is 14.8 Å². The standard InChI is InChI=1S/C20H19NO3/c1-23-16-10-11-18(19(13-16)24-2)21-20(22)12-15-8-5-7-14-6-3-4-9-17(14)15/h3-11,13H,12H2,1-2H3,(H,21,22). The molecule has 0 radical (unpaired) electrons. The monoisotopic (exact) mass is 321 g/mol. The van der Waals surface area contributed by atoms with E-state index in [2.05, 4.69) is 5.32 Å². The van der Waals surface area contributed by atoms with Crippen LogP contribution in [-0.2, 0) is 11.2 Å². The van der Waals surface area contributed by atoms with Crippen molar-refractivity contribution in [1.29, 1.82) is 0 Å². The van der Waals surface area contributed by atoms with Crippen LogP contribution in [0, 0.1) is 0 Å². The molecule has 0 aliphatic heterocycles. The molecule has 122 valence electrons. The van der Waals surface area contributed by atoms with E-state index in [1.807, 2.05) is 42.5 Å². The molecule has 1 N–H and O–H groups in total. The highest BCUT2D eigenvalue weighted by Crippen LogP contribution is 2.29. The number of nitrogens with one attached hydrogen (secondary N) is 1. The number of hydrogen-bond donors (Lipinski definition) is 1. The van der Waals surface area contributed by atoms with Crippen LogP contribution in [0.2, 0.25) is 0 Å². The molecule has 3 aromatic rings. The van der Waals surface area contributed by atoms with Gasteiger partial charge in [0, 0.05) is 6.07 Å². The van der Waals surface area contributed by atoms with Crippen LogP contribution in [0.5, 0.6) is 11.5 Å². The Kier molecular flexibility index (Phi) is 4.66. The Morgan fingerprint density at radius 2 is 1.75 bits per heavy atom. The number of anilines is 1. The minimum absolute atomic E-state index is 0.0881. The van der Waals surface area contributed by atoms with E-state index < -0.39 is 0 Å². The third-order valence-corrected chi connectivity index (χ3v) is 3.91. The van der Waals surface area contributed by atoms with Crippen molar-refractivity contribution in [3.63, 3.8) is 0 Å². The van der Waals surface area contributed by atoms with Crippen LogP contribution in [0.3, 0.4) is 0 Å². The fourth-order valence-electron chi connectivity index (χ4n) is 2.72. The lowest BCUT2D eigenvalue weighted by molar-refractivity contribution is -0.115. The van der Waals surface area contributed by atoms with Crippen LogP contribution in [-0.4, -0.2) is 20.1 Å². The zero-order valence-corrected chi connectivity index (χ0v) is 13.7. The fourth-order valence-corrected chi connectivity index (χ4v) is 2.72. The predicted molar refractivity (Wildman–Crippen MR) is 95.8 cm³/mol. The van der Waals surface area contributed by atoms with E-state index in [1.165, 1.54) is 0 Å². The van der Waals surface area contributed by atoms with E-state index in [9.17, 15) is 4.79 Å². The summed E-state index contributed by atoms with van der Waals surface area (Å²) in [5.74, 6) is 1.16. The maximum Gasteiger partial charge on any atom is 0.228 e. The Labute approximate surface area is 141 Å². The van der Waals surface area contributed by atoms with Crippen molar-refractivity contribution in [3.05, 3.63) is 66.2 Å². The Bertz CT molecular complexity index is 868. The maximum absolute atomic E-state index is 12.5. The lowest BCUT2D eigenvalue weighted by Crippen LogP contribution is -2.15. The van der Waals surface area contributed by atoms with Gasteiger partial charge in [0.15, 0.2) is 0 Å². The molecule has 0 bridgehead atoms. The van der Waals surface area contributed by atoms with Gasteiger partial charge in [-0.3, -0.25) is 4.79 Å². The number of carbonyl (C=O) groups is 1. The van der Waals surface area contributed by atoms with Crippen LogP contribution in [0.15, 0.2) is 60.7 Å². The van der Waals surface area contributed by atoms with Gasteiger partial charge >= 0.3 is 0 Å².